The third-order valence-electron chi connectivity index (χ3n) is 4.25. The van der Waals surface area contributed by atoms with Gasteiger partial charge < -0.3 is 9.84 Å². The number of phenolic OH excluding ortho intramolecular Hbond substituents is 1. The zero-order chi connectivity index (χ0) is 15.5. The van der Waals surface area contributed by atoms with Gasteiger partial charge in [0.05, 0.1) is 13.0 Å². The summed E-state index contributed by atoms with van der Waals surface area (Å²) in [6.45, 7) is 2.24. The topological polar surface area (TPSA) is 46.5 Å². The molecule has 2 aromatic carbocycles. The molecule has 3 heteroatoms. The second-order valence-corrected chi connectivity index (χ2v) is 5.74. The summed E-state index contributed by atoms with van der Waals surface area (Å²) in [5.74, 6) is 0.269. The van der Waals surface area contributed by atoms with E-state index in [1.807, 2.05) is 31.2 Å². The summed E-state index contributed by atoms with van der Waals surface area (Å²) in [6.07, 6.45) is 1.98. The number of fused-ring (bicyclic) bond motifs is 2. The predicted molar refractivity (Wildman–Crippen MR) is 85.0 cm³/mol. The summed E-state index contributed by atoms with van der Waals surface area (Å²) in [5.41, 5.74) is 4.77. The van der Waals surface area contributed by atoms with Crippen LogP contribution in [0.25, 0.3) is 0 Å². The van der Waals surface area contributed by atoms with Gasteiger partial charge in [0.25, 0.3) is 0 Å². The van der Waals surface area contributed by atoms with Crippen molar-refractivity contribution in [2.45, 2.75) is 32.1 Å². The number of benzene rings is 2. The van der Waals surface area contributed by atoms with Crippen LogP contribution in [-0.4, -0.2) is 17.7 Å². The van der Waals surface area contributed by atoms with Crippen LogP contribution in [0.2, 0.25) is 0 Å². The minimum atomic E-state index is -0.149. The monoisotopic (exact) mass is 296 g/mol. The highest BCUT2D eigenvalue weighted by Gasteiger charge is 2.24. The van der Waals surface area contributed by atoms with Crippen molar-refractivity contribution >= 4 is 5.97 Å². The second-order valence-electron chi connectivity index (χ2n) is 5.74. The Kier molecular flexibility index (Phi) is 4.14. The SMILES string of the molecule is CCOC(=O)C[C@H]1Cc2ccc(O)cc2Cc2ccccc21. The maximum Gasteiger partial charge on any atom is 0.306 e. The lowest BCUT2D eigenvalue weighted by molar-refractivity contribution is -0.143. The Morgan fingerprint density at radius 1 is 1.18 bits per heavy atom. The summed E-state index contributed by atoms with van der Waals surface area (Å²) in [6, 6.07) is 13.8. The summed E-state index contributed by atoms with van der Waals surface area (Å²) < 4.78 is 5.13. The first-order chi connectivity index (χ1) is 10.7. The second kappa shape index (κ2) is 6.22. The van der Waals surface area contributed by atoms with E-state index < -0.39 is 0 Å². The number of rotatable bonds is 3. The van der Waals surface area contributed by atoms with E-state index in [9.17, 15) is 9.90 Å². The van der Waals surface area contributed by atoms with Crippen LogP contribution in [0.4, 0.5) is 0 Å². The average Bonchev–Trinajstić information content (AvgIpc) is 2.64. The maximum absolute atomic E-state index is 11.9. The van der Waals surface area contributed by atoms with Crippen LogP contribution < -0.4 is 0 Å². The number of hydrogen-bond acceptors (Lipinski definition) is 3. The number of carbonyl (C=O) groups is 1. The number of aromatic hydroxyl groups is 1. The van der Waals surface area contributed by atoms with Gasteiger partial charge in [-0.3, -0.25) is 4.79 Å². The molecule has 0 spiro atoms. The third-order valence-corrected chi connectivity index (χ3v) is 4.25. The molecule has 0 unspecified atom stereocenters. The van der Waals surface area contributed by atoms with Crippen molar-refractivity contribution in [1.29, 1.82) is 0 Å². The van der Waals surface area contributed by atoms with Gasteiger partial charge in [-0.1, -0.05) is 30.3 Å². The van der Waals surface area contributed by atoms with Crippen molar-refractivity contribution < 1.29 is 14.6 Å². The molecule has 2 aromatic rings. The smallest absolute Gasteiger partial charge is 0.306 e. The summed E-state index contributed by atoms with van der Waals surface area (Å²) in [4.78, 5) is 11.9. The molecule has 114 valence electrons. The van der Waals surface area contributed by atoms with Crippen LogP contribution in [0.3, 0.4) is 0 Å². The number of phenols is 1. The number of esters is 1. The van der Waals surface area contributed by atoms with Gasteiger partial charge in [0.15, 0.2) is 0 Å². The fraction of sp³-hybridized carbons (Fsp3) is 0.316. The molecule has 1 N–H and O–H groups in total. The van der Waals surface area contributed by atoms with Crippen LogP contribution in [-0.2, 0) is 22.4 Å². The molecule has 0 aliphatic heterocycles. The summed E-state index contributed by atoms with van der Waals surface area (Å²) >= 11 is 0. The molecule has 1 aliphatic carbocycles. The fourth-order valence-electron chi connectivity index (χ4n) is 3.25. The minimum absolute atomic E-state index is 0.126. The Morgan fingerprint density at radius 2 is 2.00 bits per heavy atom. The zero-order valence-electron chi connectivity index (χ0n) is 12.7. The molecular formula is C19H20O3. The molecule has 3 rings (SSSR count). The van der Waals surface area contributed by atoms with E-state index >= 15 is 0 Å². The van der Waals surface area contributed by atoms with E-state index in [0.29, 0.717) is 18.8 Å². The lowest BCUT2D eigenvalue weighted by Gasteiger charge is -2.17. The Morgan fingerprint density at radius 3 is 2.82 bits per heavy atom. The van der Waals surface area contributed by atoms with E-state index in [2.05, 4.69) is 12.1 Å². The van der Waals surface area contributed by atoms with E-state index in [1.165, 1.54) is 16.7 Å². The maximum atomic E-state index is 11.9. The van der Waals surface area contributed by atoms with Crippen molar-refractivity contribution in [2.24, 2.45) is 0 Å². The Labute approximate surface area is 130 Å². The molecule has 22 heavy (non-hydrogen) atoms. The van der Waals surface area contributed by atoms with Crippen LogP contribution in [0.15, 0.2) is 42.5 Å². The average molecular weight is 296 g/mol. The van der Waals surface area contributed by atoms with Crippen LogP contribution in [0.1, 0.15) is 41.5 Å². The molecule has 0 saturated heterocycles. The Hall–Kier alpha value is -2.29. The number of ether oxygens (including phenoxy) is 1. The first-order valence-corrected chi connectivity index (χ1v) is 7.71. The van der Waals surface area contributed by atoms with E-state index in [1.54, 1.807) is 6.07 Å². The third kappa shape index (κ3) is 2.98. The van der Waals surface area contributed by atoms with Crippen LogP contribution >= 0.6 is 0 Å². The highest BCUT2D eigenvalue weighted by molar-refractivity contribution is 5.71. The van der Waals surface area contributed by atoms with Crippen molar-refractivity contribution in [1.82, 2.24) is 0 Å². The normalized spacial score (nSPS) is 16.3. The number of hydrogen-bond donors (Lipinski definition) is 1. The van der Waals surface area contributed by atoms with Gasteiger partial charge in [-0.2, -0.15) is 0 Å². The molecular weight excluding hydrogens is 276 g/mol. The molecule has 0 heterocycles. The Balaban J connectivity index is 1.99. The molecule has 0 aromatic heterocycles. The molecule has 1 atom stereocenters. The molecule has 0 bridgehead atoms. The van der Waals surface area contributed by atoms with E-state index in [0.717, 1.165) is 18.4 Å². The fourth-order valence-corrected chi connectivity index (χ4v) is 3.25. The summed E-state index contributed by atoms with van der Waals surface area (Å²) in [5, 5.41) is 9.74. The van der Waals surface area contributed by atoms with Gasteiger partial charge in [0.1, 0.15) is 5.75 Å². The largest absolute Gasteiger partial charge is 0.508 e. The Bertz CT molecular complexity index is 691. The van der Waals surface area contributed by atoms with E-state index in [-0.39, 0.29) is 11.9 Å². The lowest BCUT2D eigenvalue weighted by Crippen LogP contribution is -2.12. The van der Waals surface area contributed by atoms with Crippen LogP contribution in [0, 0.1) is 0 Å². The van der Waals surface area contributed by atoms with E-state index in [4.69, 9.17) is 4.74 Å². The first-order valence-electron chi connectivity index (χ1n) is 7.71. The molecule has 1 aliphatic rings. The standard InChI is InChI=1S/C19H20O3/c1-2-22-19(21)12-16-9-13-7-8-17(20)11-15(13)10-14-5-3-4-6-18(14)16/h3-8,11,16,20H,2,9-10,12H2,1H3/t16-/m1/s1. The zero-order valence-corrected chi connectivity index (χ0v) is 12.7. The first kappa shape index (κ1) is 14.6. The predicted octanol–water partition coefficient (Wildman–Crippen LogP) is 3.58. The quantitative estimate of drug-likeness (QED) is 0.881. The highest BCUT2D eigenvalue weighted by Crippen LogP contribution is 2.35. The van der Waals surface area contributed by atoms with Gasteiger partial charge in [-0.05, 0) is 60.1 Å². The van der Waals surface area contributed by atoms with Gasteiger partial charge in [0, 0.05) is 0 Å². The molecule has 0 radical (unpaired) electrons. The molecule has 0 amide bonds. The van der Waals surface area contributed by atoms with Crippen molar-refractivity contribution in [2.75, 3.05) is 6.61 Å². The highest BCUT2D eigenvalue weighted by atomic mass is 16.5. The van der Waals surface area contributed by atoms with Gasteiger partial charge >= 0.3 is 5.97 Å². The molecule has 0 saturated carbocycles. The van der Waals surface area contributed by atoms with Crippen molar-refractivity contribution in [3.63, 3.8) is 0 Å². The molecule has 3 nitrogen and oxygen atoms in total. The summed E-state index contributed by atoms with van der Waals surface area (Å²) in [7, 11) is 0. The van der Waals surface area contributed by atoms with Crippen LogP contribution in [0.5, 0.6) is 5.75 Å². The van der Waals surface area contributed by atoms with Crippen molar-refractivity contribution in [3.05, 3.63) is 64.7 Å². The number of carbonyl (C=O) groups excluding carboxylic acids is 1. The minimum Gasteiger partial charge on any atom is -0.508 e. The van der Waals surface area contributed by atoms with Crippen molar-refractivity contribution in [3.8, 4) is 5.75 Å². The molecule has 0 fully saturated rings. The van der Waals surface area contributed by atoms with Gasteiger partial charge in [-0.25, -0.2) is 0 Å². The van der Waals surface area contributed by atoms with Gasteiger partial charge in [-0.15, -0.1) is 0 Å². The van der Waals surface area contributed by atoms with Gasteiger partial charge in [0.2, 0.25) is 0 Å². The lowest BCUT2D eigenvalue weighted by atomic mass is 9.89.